The van der Waals surface area contributed by atoms with Crippen LogP contribution in [0.5, 0.6) is 0 Å². The van der Waals surface area contributed by atoms with Gasteiger partial charge in [-0.2, -0.15) is 13.2 Å². The predicted molar refractivity (Wildman–Crippen MR) is 74.9 cm³/mol. The molecule has 2 rings (SSSR count). The molecule has 2 amide bonds. The number of rotatable bonds is 3. The summed E-state index contributed by atoms with van der Waals surface area (Å²) in [7, 11) is 0. The maximum absolute atomic E-state index is 12.1. The molecule has 0 unspecified atom stereocenters. The summed E-state index contributed by atoms with van der Waals surface area (Å²) in [4.78, 5) is 24.6. The molecule has 0 radical (unpaired) electrons. The summed E-state index contributed by atoms with van der Waals surface area (Å²) in [6.45, 7) is 1.09. The second-order valence-electron chi connectivity index (χ2n) is 5.99. The van der Waals surface area contributed by atoms with E-state index in [0.29, 0.717) is 25.9 Å². The van der Waals surface area contributed by atoms with E-state index in [0.717, 1.165) is 25.7 Å². The minimum Gasteiger partial charge on any atom is -0.348 e. The Morgan fingerprint density at radius 2 is 1.77 bits per heavy atom. The van der Waals surface area contributed by atoms with Crippen molar-refractivity contribution in [1.82, 2.24) is 10.2 Å². The smallest absolute Gasteiger partial charge is 0.348 e. The van der Waals surface area contributed by atoms with Crippen LogP contribution in [0, 0.1) is 5.92 Å². The van der Waals surface area contributed by atoms with Crippen molar-refractivity contribution in [3.63, 3.8) is 0 Å². The third kappa shape index (κ3) is 4.74. The number of hydrogen-bond donors (Lipinski definition) is 1. The van der Waals surface area contributed by atoms with Crippen molar-refractivity contribution in [2.75, 3.05) is 19.6 Å². The first-order chi connectivity index (χ1) is 10.4. The van der Waals surface area contributed by atoms with Gasteiger partial charge in [0.1, 0.15) is 0 Å². The van der Waals surface area contributed by atoms with Crippen LogP contribution in [-0.2, 0) is 9.59 Å². The van der Waals surface area contributed by atoms with E-state index in [1.807, 2.05) is 5.32 Å². The SMILES string of the molecule is O=C(C=C1CCCC1)N1CCC(CNC(=O)C(F)(F)F)CC1. The lowest BCUT2D eigenvalue weighted by atomic mass is 9.96. The van der Waals surface area contributed by atoms with E-state index in [1.165, 1.54) is 5.57 Å². The highest BCUT2D eigenvalue weighted by Gasteiger charge is 2.38. The van der Waals surface area contributed by atoms with E-state index in [-0.39, 0.29) is 18.4 Å². The molecule has 4 nitrogen and oxygen atoms in total. The molecule has 1 saturated heterocycles. The van der Waals surface area contributed by atoms with E-state index in [9.17, 15) is 22.8 Å². The molecule has 0 bridgehead atoms. The molecule has 1 aliphatic heterocycles. The summed E-state index contributed by atoms with van der Waals surface area (Å²) >= 11 is 0. The molecule has 124 valence electrons. The van der Waals surface area contributed by atoms with Crippen LogP contribution in [0.4, 0.5) is 13.2 Å². The number of carbonyl (C=O) groups is 2. The van der Waals surface area contributed by atoms with Crippen molar-refractivity contribution in [3.8, 4) is 0 Å². The first kappa shape index (κ1) is 16.8. The van der Waals surface area contributed by atoms with Crippen molar-refractivity contribution in [2.45, 2.75) is 44.7 Å². The van der Waals surface area contributed by atoms with Gasteiger partial charge in [-0.1, -0.05) is 5.57 Å². The molecule has 0 aromatic carbocycles. The van der Waals surface area contributed by atoms with Gasteiger partial charge in [0.25, 0.3) is 0 Å². The number of amides is 2. The number of alkyl halides is 3. The first-order valence-corrected chi connectivity index (χ1v) is 7.69. The van der Waals surface area contributed by atoms with Crippen LogP contribution in [0.25, 0.3) is 0 Å². The molecule has 22 heavy (non-hydrogen) atoms. The number of carbonyl (C=O) groups excluding carboxylic acids is 2. The van der Waals surface area contributed by atoms with E-state index < -0.39 is 12.1 Å². The van der Waals surface area contributed by atoms with Gasteiger partial charge in [-0.3, -0.25) is 9.59 Å². The lowest BCUT2D eigenvalue weighted by Crippen LogP contribution is -2.43. The molecular weight excluding hydrogens is 297 g/mol. The molecule has 0 aromatic rings. The predicted octanol–water partition coefficient (Wildman–Crippen LogP) is 2.40. The van der Waals surface area contributed by atoms with Gasteiger partial charge in [0, 0.05) is 25.7 Å². The summed E-state index contributed by atoms with van der Waals surface area (Å²) in [5.41, 5.74) is 1.20. The van der Waals surface area contributed by atoms with Crippen LogP contribution < -0.4 is 5.32 Å². The zero-order chi connectivity index (χ0) is 16.2. The standard InChI is InChI=1S/C15H21F3N2O2/c16-15(17,18)14(22)19-10-12-5-7-20(8-6-12)13(21)9-11-3-1-2-4-11/h9,12H,1-8,10H2,(H,19,22). The van der Waals surface area contributed by atoms with Crippen molar-refractivity contribution < 1.29 is 22.8 Å². The van der Waals surface area contributed by atoms with Crippen molar-refractivity contribution in [1.29, 1.82) is 0 Å². The molecular formula is C15H21F3N2O2. The lowest BCUT2D eigenvalue weighted by molar-refractivity contribution is -0.173. The minimum absolute atomic E-state index is 0.00511. The lowest BCUT2D eigenvalue weighted by Gasteiger charge is -2.31. The zero-order valence-corrected chi connectivity index (χ0v) is 12.4. The number of allylic oxidation sites excluding steroid dienone is 1. The Labute approximate surface area is 127 Å². The second-order valence-corrected chi connectivity index (χ2v) is 5.99. The highest BCUT2D eigenvalue weighted by atomic mass is 19.4. The van der Waals surface area contributed by atoms with Crippen molar-refractivity contribution >= 4 is 11.8 Å². The summed E-state index contributed by atoms with van der Waals surface area (Å²) < 4.78 is 36.3. The van der Waals surface area contributed by atoms with Crippen molar-refractivity contribution in [2.24, 2.45) is 5.92 Å². The molecule has 1 heterocycles. The van der Waals surface area contributed by atoms with Gasteiger partial charge in [-0.15, -0.1) is 0 Å². The monoisotopic (exact) mass is 318 g/mol. The number of piperidine rings is 1. The van der Waals surface area contributed by atoms with Gasteiger partial charge in [-0.05, 0) is 44.4 Å². The largest absolute Gasteiger partial charge is 0.471 e. The molecule has 0 aromatic heterocycles. The molecule has 0 atom stereocenters. The van der Waals surface area contributed by atoms with Crippen molar-refractivity contribution in [3.05, 3.63) is 11.6 Å². The summed E-state index contributed by atoms with van der Waals surface area (Å²) in [6, 6.07) is 0. The van der Waals surface area contributed by atoms with Crippen LogP contribution in [-0.4, -0.2) is 42.5 Å². The fraction of sp³-hybridized carbons (Fsp3) is 0.733. The molecule has 1 saturated carbocycles. The average molecular weight is 318 g/mol. The number of likely N-dealkylation sites (tertiary alicyclic amines) is 1. The van der Waals surface area contributed by atoms with E-state index in [2.05, 4.69) is 0 Å². The highest BCUT2D eigenvalue weighted by Crippen LogP contribution is 2.24. The Morgan fingerprint density at radius 1 is 1.18 bits per heavy atom. The molecule has 2 aliphatic rings. The maximum atomic E-state index is 12.1. The Balaban J connectivity index is 1.72. The van der Waals surface area contributed by atoms with Crippen LogP contribution in [0.2, 0.25) is 0 Å². The Bertz CT molecular complexity index is 444. The fourth-order valence-electron chi connectivity index (χ4n) is 2.93. The third-order valence-electron chi connectivity index (χ3n) is 4.31. The second kappa shape index (κ2) is 7.15. The topological polar surface area (TPSA) is 49.4 Å². The van der Waals surface area contributed by atoms with Gasteiger partial charge >= 0.3 is 12.1 Å². The molecule has 7 heteroatoms. The Hall–Kier alpha value is -1.53. The fourth-order valence-corrected chi connectivity index (χ4v) is 2.93. The van der Waals surface area contributed by atoms with Gasteiger partial charge in [0.05, 0.1) is 0 Å². The summed E-state index contributed by atoms with van der Waals surface area (Å²) in [5.74, 6) is -1.89. The van der Waals surface area contributed by atoms with Crippen LogP contribution in [0.1, 0.15) is 38.5 Å². The van der Waals surface area contributed by atoms with Gasteiger partial charge < -0.3 is 10.2 Å². The minimum atomic E-state index is -4.83. The van der Waals surface area contributed by atoms with Crippen LogP contribution in [0.15, 0.2) is 11.6 Å². The van der Waals surface area contributed by atoms with Gasteiger partial charge in [0.15, 0.2) is 0 Å². The first-order valence-electron chi connectivity index (χ1n) is 7.69. The average Bonchev–Trinajstić information content (AvgIpc) is 2.97. The normalized spacial score (nSPS) is 20.1. The number of hydrogen-bond acceptors (Lipinski definition) is 2. The highest BCUT2D eigenvalue weighted by molar-refractivity contribution is 5.88. The van der Waals surface area contributed by atoms with Crippen LogP contribution in [0.3, 0.4) is 0 Å². The molecule has 0 spiro atoms. The Kier molecular flexibility index (Phi) is 5.47. The molecule has 1 aliphatic carbocycles. The summed E-state index contributed by atoms with van der Waals surface area (Å²) in [5, 5.41) is 1.92. The van der Waals surface area contributed by atoms with Gasteiger partial charge in [0.2, 0.25) is 5.91 Å². The van der Waals surface area contributed by atoms with Crippen LogP contribution >= 0.6 is 0 Å². The zero-order valence-electron chi connectivity index (χ0n) is 12.4. The third-order valence-corrected chi connectivity index (χ3v) is 4.31. The Morgan fingerprint density at radius 3 is 2.32 bits per heavy atom. The number of nitrogens with zero attached hydrogens (tertiary/aromatic N) is 1. The van der Waals surface area contributed by atoms with E-state index >= 15 is 0 Å². The van der Waals surface area contributed by atoms with E-state index in [4.69, 9.17) is 0 Å². The summed E-state index contributed by atoms with van der Waals surface area (Å²) in [6.07, 6.45) is 2.39. The number of halogens is 3. The maximum Gasteiger partial charge on any atom is 0.471 e. The quantitative estimate of drug-likeness (QED) is 0.813. The van der Waals surface area contributed by atoms with Gasteiger partial charge in [-0.25, -0.2) is 0 Å². The number of nitrogens with one attached hydrogen (secondary N) is 1. The van der Waals surface area contributed by atoms with E-state index in [1.54, 1.807) is 11.0 Å². The molecule has 1 N–H and O–H groups in total. The molecule has 2 fully saturated rings.